The minimum absolute atomic E-state index is 0.00767. The first kappa shape index (κ1) is 24.6. The van der Waals surface area contributed by atoms with Crippen LogP contribution in [0.15, 0.2) is 42.5 Å². The summed E-state index contributed by atoms with van der Waals surface area (Å²) in [7, 11) is 0. The highest BCUT2D eigenvalue weighted by atomic mass is 35.5. The smallest absolute Gasteiger partial charge is 0.242 e. The third kappa shape index (κ3) is 7.53. The second-order valence-electron chi connectivity index (χ2n) is 7.58. The molecule has 0 bridgehead atoms. The van der Waals surface area contributed by atoms with Gasteiger partial charge in [-0.1, -0.05) is 59.1 Å². The van der Waals surface area contributed by atoms with Crippen LogP contribution in [0.3, 0.4) is 0 Å². The van der Waals surface area contributed by atoms with Gasteiger partial charge >= 0.3 is 0 Å². The average molecular weight is 467 g/mol. The van der Waals surface area contributed by atoms with Gasteiger partial charge in [0.1, 0.15) is 6.04 Å². The summed E-state index contributed by atoms with van der Waals surface area (Å²) in [5, 5.41) is 3.89. The number of amides is 2. The number of hydrogen-bond acceptors (Lipinski definition) is 3. The molecule has 0 aliphatic rings. The lowest BCUT2D eigenvalue weighted by molar-refractivity contribution is -0.138. The molecular formula is C23H28Cl2N2O2S. The van der Waals surface area contributed by atoms with Gasteiger partial charge in [0.2, 0.25) is 11.8 Å². The van der Waals surface area contributed by atoms with E-state index >= 15 is 0 Å². The zero-order valence-corrected chi connectivity index (χ0v) is 20.1. The fourth-order valence-corrected chi connectivity index (χ4v) is 4.29. The number of nitrogens with one attached hydrogen (secondary N) is 1. The van der Waals surface area contributed by atoms with Gasteiger partial charge in [0.05, 0.1) is 5.75 Å². The summed E-state index contributed by atoms with van der Waals surface area (Å²) >= 11 is 13.8. The van der Waals surface area contributed by atoms with Crippen LogP contribution in [-0.2, 0) is 21.9 Å². The molecule has 0 fully saturated rings. The van der Waals surface area contributed by atoms with Crippen molar-refractivity contribution in [2.75, 3.05) is 5.75 Å². The summed E-state index contributed by atoms with van der Waals surface area (Å²) in [6, 6.07) is 12.8. The Bertz CT molecular complexity index is 889. The van der Waals surface area contributed by atoms with Crippen molar-refractivity contribution in [1.82, 2.24) is 10.2 Å². The van der Waals surface area contributed by atoms with Crippen LogP contribution >= 0.6 is 35.0 Å². The summed E-state index contributed by atoms with van der Waals surface area (Å²) in [6.07, 6.45) is 0. The van der Waals surface area contributed by atoms with Crippen LogP contribution in [0.5, 0.6) is 0 Å². The van der Waals surface area contributed by atoms with Crippen molar-refractivity contribution in [3.63, 3.8) is 0 Å². The monoisotopic (exact) mass is 466 g/mol. The number of thioether (sulfide) groups is 1. The van der Waals surface area contributed by atoms with Crippen molar-refractivity contribution < 1.29 is 9.59 Å². The highest BCUT2D eigenvalue weighted by Crippen LogP contribution is 2.24. The highest BCUT2D eigenvalue weighted by Gasteiger charge is 2.27. The average Bonchev–Trinajstić information content (AvgIpc) is 2.66. The van der Waals surface area contributed by atoms with Crippen LogP contribution in [0.2, 0.25) is 10.0 Å². The minimum Gasteiger partial charge on any atom is -0.352 e. The predicted molar refractivity (Wildman–Crippen MR) is 127 cm³/mol. The van der Waals surface area contributed by atoms with E-state index in [1.807, 2.05) is 32.9 Å². The molecule has 4 nitrogen and oxygen atoms in total. The molecule has 0 heterocycles. The van der Waals surface area contributed by atoms with Crippen LogP contribution in [0, 0.1) is 6.92 Å². The third-order valence-corrected chi connectivity index (χ3v) is 6.11. The zero-order valence-electron chi connectivity index (χ0n) is 17.7. The van der Waals surface area contributed by atoms with Gasteiger partial charge in [-0.25, -0.2) is 0 Å². The molecule has 162 valence electrons. The summed E-state index contributed by atoms with van der Waals surface area (Å²) in [5.41, 5.74) is 3.12. The van der Waals surface area contributed by atoms with Crippen LogP contribution in [-0.4, -0.2) is 34.6 Å². The summed E-state index contributed by atoms with van der Waals surface area (Å²) in [5.74, 6) is 0.714. The van der Waals surface area contributed by atoms with E-state index in [4.69, 9.17) is 23.2 Å². The first-order valence-corrected chi connectivity index (χ1v) is 11.8. The number of halogens is 2. The lowest BCUT2D eigenvalue weighted by Gasteiger charge is -2.29. The van der Waals surface area contributed by atoms with E-state index in [0.29, 0.717) is 10.0 Å². The second-order valence-corrected chi connectivity index (χ2v) is 9.41. The molecule has 0 unspecified atom stereocenters. The van der Waals surface area contributed by atoms with E-state index in [9.17, 15) is 9.59 Å². The Morgan fingerprint density at radius 2 is 1.83 bits per heavy atom. The maximum absolute atomic E-state index is 13.1. The van der Waals surface area contributed by atoms with Gasteiger partial charge in [-0.3, -0.25) is 9.59 Å². The Morgan fingerprint density at radius 3 is 2.47 bits per heavy atom. The molecule has 2 amide bonds. The molecule has 0 aliphatic heterocycles. The number of rotatable bonds is 9. The molecule has 0 aliphatic carbocycles. The first-order chi connectivity index (χ1) is 14.2. The Hall–Kier alpha value is -1.69. The van der Waals surface area contributed by atoms with Gasteiger partial charge in [0, 0.05) is 28.4 Å². The number of benzene rings is 2. The molecule has 1 atom stereocenters. The van der Waals surface area contributed by atoms with Crippen LogP contribution in [0.1, 0.15) is 37.5 Å². The molecule has 7 heteroatoms. The summed E-state index contributed by atoms with van der Waals surface area (Å²) < 4.78 is 0. The van der Waals surface area contributed by atoms with Crippen molar-refractivity contribution in [1.29, 1.82) is 0 Å². The maximum atomic E-state index is 13.1. The minimum atomic E-state index is -0.619. The number of carbonyl (C=O) groups excluding carboxylic acids is 2. The normalized spacial score (nSPS) is 12.0. The van der Waals surface area contributed by atoms with Gasteiger partial charge in [-0.05, 0) is 51.0 Å². The lowest BCUT2D eigenvalue weighted by atomic mass is 10.1. The lowest BCUT2D eigenvalue weighted by Crippen LogP contribution is -2.49. The van der Waals surface area contributed by atoms with Gasteiger partial charge in [0.15, 0.2) is 0 Å². The van der Waals surface area contributed by atoms with E-state index in [1.165, 1.54) is 22.9 Å². The van der Waals surface area contributed by atoms with Gasteiger partial charge < -0.3 is 10.2 Å². The third-order valence-electron chi connectivity index (χ3n) is 4.53. The highest BCUT2D eigenvalue weighted by molar-refractivity contribution is 7.99. The van der Waals surface area contributed by atoms with Crippen molar-refractivity contribution >= 4 is 46.8 Å². The molecular weight excluding hydrogens is 439 g/mol. The van der Waals surface area contributed by atoms with Crippen molar-refractivity contribution in [3.8, 4) is 0 Å². The van der Waals surface area contributed by atoms with Gasteiger partial charge in [-0.15, -0.1) is 11.8 Å². The second kappa shape index (κ2) is 11.6. The predicted octanol–water partition coefficient (Wildman–Crippen LogP) is 5.48. The standard InChI is InChI=1S/C23H28Cl2N2O2S/c1-15(2)26-23(29)17(4)27(12-19-8-9-20(24)11-21(19)25)22(28)14-30-13-18-7-5-6-16(3)10-18/h5-11,15,17H,12-14H2,1-4H3,(H,26,29)/t17-/m0/s1. The van der Waals surface area contributed by atoms with E-state index in [0.717, 1.165) is 11.3 Å². The summed E-state index contributed by atoms with van der Waals surface area (Å²) in [4.78, 5) is 27.2. The maximum Gasteiger partial charge on any atom is 0.242 e. The topological polar surface area (TPSA) is 49.4 Å². The van der Waals surface area contributed by atoms with E-state index in [1.54, 1.807) is 30.0 Å². The molecule has 0 saturated carbocycles. The van der Waals surface area contributed by atoms with Crippen molar-refractivity contribution in [2.45, 2.75) is 52.1 Å². The fraction of sp³-hybridized carbons (Fsp3) is 0.391. The molecule has 0 radical (unpaired) electrons. The molecule has 0 aromatic heterocycles. The number of aryl methyl sites for hydroxylation is 1. The zero-order chi connectivity index (χ0) is 22.3. The Morgan fingerprint density at radius 1 is 1.10 bits per heavy atom. The Kier molecular flexibility index (Phi) is 9.53. The number of hydrogen-bond donors (Lipinski definition) is 1. The molecule has 2 aromatic rings. The van der Waals surface area contributed by atoms with E-state index in [2.05, 4.69) is 17.4 Å². The van der Waals surface area contributed by atoms with E-state index < -0.39 is 6.04 Å². The molecule has 0 saturated heterocycles. The van der Waals surface area contributed by atoms with E-state index in [-0.39, 0.29) is 30.2 Å². The molecule has 2 rings (SSSR count). The fourth-order valence-electron chi connectivity index (χ4n) is 2.96. The summed E-state index contributed by atoms with van der Waals surface area (Å²) in [6.45, 7) is 7.82. The molecule has 1 N–H and O–H groups in total. The number of nitrogens with zero attached hydrogens (tertiary/aromatic N) is 1. The van der Waals surface area contributed by atoms with Gasteiger partial charge in [0.25, 0.3) is 0 Å². The van der Waals surface area contributed by atoms with Crippen LogP contribution in [0.25, 0.3) is 0 Å². The molecule has 30 heavy (non-hydrogen) atoms. The SMILES string of the molecule is Cc1cccc(CSCC(=O)N(Cc2ccc(Cl)cc2Cl)[C@@H](C)C(=O)NC(C)C)c1. The quantitative estimate of drug-likeness (QED) is 0.532. The first-order valence-electron chi connectivity index (χ1n) is 9.84. The van der Waals surface area contributed by atoms with Gasteiger partial charge in [-0.2, -0.15) is 0 Å². The largest absolute Gasteiger partial charge is 0.352 e. The van der Waals surface area contributed by atoms with Crippen LogP contribution in [0.4, 0.5) is 0 Å². The van der Waals surface area contributed by atoms with Crippen LogP contribution < -0.4 is 5.32 Å². The molecule has 2 aromatic carbocycles. The Labute approximate surface area is 193 Å². The van der Waals surface area contributed by atoms with Crippen molar-refractivity contribution in [3.05, 3.63) is 69.2 Å². The number of carbonyl (C=O) groups is 2. The van der Waals surface area contributed by atoms with Crippen molar-refractivity contribution in [2.24, 2.45) is 0 Å². The Balaban J connectivity index is 2.12. The molecule has 0 spiro atoms.